The van der Waals surface area contributed by atoms with Crippen molar-refractivity contribution >= 4 is 11.7 Å². The summed E-state index contributed by atoms with van der Waals surface area (Å²) in [4.78, 5) is 14.4. The quantitative estimate of drug-likeness (QED) is 0.783. The number of aryl methyl sites for hydroxylation is 1. The highest BCUT2D eigenvalue weighted by Crippen LogP contribution is 2.34. The van der Waals surface area contributed by atoms with E-state index in [9.17, 15) is 10.1 Å². The van der Waals surface area contributed by atoms with E-state index in [0.29, 0.717) is 25.2 Å². The third kappa shape index (κ3) is 3.69. The van der Waals surface area contributed by atoms with Crippen molar-refractivity contribution in [3.05, 3.63) is 41.0 Å². The van der Waals surface area contributed by atoms with Crippen LogP contribution in [0.3, 0.4) is 0 Å². The number of hydrogen-bond acceptors (Lipinski definition) is 4. The summed E-state index contributed by atoms with van der Waals surface area (Å²) in [5.74, 6) is 0. The summed E-state index contributed by atoms with van der Waals surface area (Å²) in [6.07, 6.45) is 2.48. The molecule has 2 aliphatic rings. The Bertz CT molecular complexity index is 755. The number of ether oxygens (including phenoxy) is 2. The Morgan fingerprint density at radius 1 is 1.36 bits per heavy atom. The molecule has 132 valence electrons. The first-order chi connectivity index (χ1) is 11.8. The number of nitrogens with zero attached hydrogens (tertiary/aromatic N) is 2. The molecule has 1 aromatic rings. The second kappa shape index (κ2) is 6.53. The van der Waals surface area contributed by atoms with Gasteiger partial charge in [0.2, 0.25) is 0 Å². The average molecular weight is 340 g/mol. The van der Waals surface area contributed by atoms with Crippen molar-refractivity contribution in [2.75, 3.05) is 13.2 Å². The van der Waals surface area contributed by atoms with E-state index in [1.807, 2.05) is 45.9 Å². The van der Waals surface area contributed by atoms with Crippen LogP contribution < -0.4 is 0 Å². The summed E-state index contributed by atoms with van der Waals surface area (Å²) in [6, 6.07) is 8.01. The van der Waals surface area contributed by atoms with Crippen LogP contribution in [0, 0.1) is 18.3 Å². The van der Waals surface area contributed by atoms with Crippen molar-refractivity contribution in [1.82, 2.24) is 4.90 Å². The van der Waals surface area contributed by atoms with Gasteiger partial charge in [0.1, 0.15) is 5.60 Å². The predicted molar refractivity (Wildman–Crippen MR) is 95.0 cm³/mol. The molecule has 0 N–H and O–H groups in total. The maximum absolute atomic E-state index is 12.6. The molecule has 2 unspecified atom stereocenters. The Labute approximate surface area is 148 Å². The summed E-state index contributed by atoms with van der Waals surface area (Å²) in [6.45, 7) is 8.53. The second-order valence-electron chi connectivity index (χ2n) is 7.68. The molecule has 5 heteroatoms. The molecule has 1 aromatic carbocycles. The number of carbonyl (C=O) groups is 1. The number of nitriles is 1. The molecule has 2 heterocycles. The summed E-state index contributed by atoms with van der Waals surface area (Å²) >= 11 is 0. The molecule has 0 radical (unpaired) electrons. The van der Waals surface area contributed by atoms with Gasteiger partial charge in [0.05, 0.1) is 36.9 Å². The molecule has 0 spiro atoms. The van der Waals surface area contributed by atoms with Crippen molar-refractivity contribution < 1.29 is 14.3 Å². The Kier molecular flexibility index (Phi) is 4.57. The molecule has 2 atom stereocenters. The standard InChI is InChI=1S/C20H24N2O3/c1-13-5-6-14(7-16(13)10-21)15-8-17-11-24-12-18(9-15)22(17)19(23)25-20(2,3)4/h5-8,17-18H,9,11-12H2,1-4H3. The fourth-order valence-corrected chi connectivity index (χ4v) is 3.35. The number of amides is 1. The third-order valence-corrected chi connectivity index (χ3v) is 4.53. The number of carbonyl (C=O) groups excluding carboxylic acids is 1. The lowest BCUT2D eigenvalue weighted by Crippen LogP contribution is -2.57. The summed E-state index contributed by atoms with van der Waals surface area (Å²) in [7, 11) is 0. The fraction of sp³-hybridized carbons (Fsp3) is 0.500. The summed E-state index contributed by atoms with van der Waals surface area (Å²) in [5.41, 5.74) is 3.35. The molecule has 25 heavy (non-hydrogen) atoms. The minimum Gasteiger partial charge on any atom is -0.444 e. The first-order valence-corrected chi connectivity index (χ1v) is 8.59. The maximum atomic E-state index is 12.6. The SMILES string of the molecule is Cc1ccc(C2=CC3COCC(C2)N3C(=O)OC(C)(C)C)cc1C#N. The van der Waals surface area contributed by atoms with E-state index >= 15 is 0 Å². The lowest BCUT2D eigenvalue weighted by atomic mass is 9.89. The van der Waals surface area contributed by atoms with Gasteiger partial charge in [-0.3, -0.25) is 4.90 Å². The van der Waals surface area contributed by atoms with Crippen LogP contribution in [0.4, 0.5) is 4.79 Å². The second-order valence-corrected chi connectivity index (χ2v) is 7.68. The average Bonchev–Trinajstić information content (AvgIpc) is 2.52. The van der Waals surface area contributed by atoms with Crippen LogP contribution in [0.2, 0.25) is 0 Å². The van der Waals surface area contributed by atoms with E-state index in [1.54, 1.807) is 4.90 Å². The Balaban J connectivity index is 1.89. The van der Waals surface area contributed by atoms with Gasteiger partial charge in [-0.05, 0) is 56.9 Å². The topological polar surface area (TPSA) is 62.6 Å². The molecule has 1 saturated heterocycles. The number of morpholine rings is 1. The molecule has 3 rings (SSSR count). The monoisotopic (exact) mass is 340 g/mol. The number of fused-ring (bicyclic) bond motifs is 2. The Morgan fingerprint density at radius 2 is 2.12 bits per heavy atom. The van der Waals surface area contributed by atoms with Gasteiger partial charge in [0.15, 0.2) is 0 Å². The van der Waals surface area contributed by atoms with Gasteiger partial charge in [0, 0.05) is 0 Å². The van der Waals surface area contributed by atoms with Crippen LogP contribution in [0.1, 0.15) is 43.9 Å². The van der Waals surface area contributed by atoms with Crippen LogP contribution in [0.25, 0.3) is 5.57 Å². The lowest BCUT2D eigenvalue weighted by molar-refractivity contribution is -0.0510. The molecule has 1 fully saturated rings. The normalized spacial score (nSPS) is 22.8. The van der Waals surface area contributed by atoms with Gasteiger partial charge in [-0.25, -0.2) is 4.79 Å². The molecule has 0 aliphatic carbocycles. The predicted octanol–water partition coefficient (Wildman–Crippen LogP) is 3.66. The van der Waals surface area contributed by atoms with E-state index in [2.05, 4.69) is 12.1 Å². The van der Waals surface area contributed by atoms with Crippen LogP contribution >= 0.6 is 0 Å². The highest BCUT2D eigenvalue weighted by atomic mass is 16.6. The molecule has 5 nitrogen and oxygen atoms in total. The first kappa shape index (κ1) is 17.5. The zero-order chi connectivity index (χ0) is 18.2. The third-order valence-electron chi connectivity index (χ3n) is 4.53. The molecule has 0 aromatic heterocycles. The number of rotatable bonds is 1. The molecular formula is C20H24N2O3. The zero-order valence-electron chi connectivity index (χ0n) is 15.2. The van der Waals surface area contributed by atoms with Gasteiger partial charge >= 0.3 is 6.09 Å². The van der Waals surface area contributed by atoms with Gasteiger partial charge in [0.25, 0.3) is 0 Å². The molecule has 2 aliphatic heterocycles. The Hall–Kier alpha value is -2.32. The van der Waals surface area contributed by atoms with E-state index in [-0.39, 0.29) is 18.2 Å². The summed E-state index contributed by atoms with van der Waals surface area (Å²) < 4.78 is 11.2. The van der Waals surface area contributed by atoms with Gasteiger partial charge in [-0.15, -0.1) is 0 Å². The fourth-order valence-electron chi connectivity index (χ4n) is 3.35. The largest absolute Gasteiger partial charge is 0.444 e. The molecular weight excluding hydrogens is 316 g/mol. The minimum atomic E-state index is -0.519. The number of benzene rings is 1. The van der Waals surface area contributed by atoms with Crippen LogP contribution in [0.5, 0.6) is 0 Å². The van der Waals surface area contributed by atoms with E-state index in [0.717, 1.165) is 16.7 Å². The smallest absolute Gasteiger partial charge is 0.411 e. The molecule has 1 amide bonds. The highest BCUT2D eigenvalue weighted by molar-refractivity contribution is 5.75. The number of hydrogen-bond donors (Lipinski definition) is 0. The molecule has 0 saturated carbocycles. The Morgan fingerprint density at radius 3 is 2.76 bits per heavy atom. The van der Waals surface area contributed by atoms with Crippen molar-refractivity contribution in [1.29, 1.82) is 5.26 Å². The van der Waals surface area contributed by atoms with E-state index in [1.165, 1.54) is 0 Å². The van der Waals surface area contributed by atoms with Crippen LogP contribution in [0.15, 0.2) is 24.3 Å². The van der Waals surface area contributed by atoms with Crippen LogP contribution in [-0.2, 0) is 9.47 Å². The van der Waals surface area contributed by atoms with E-state index in [4.69, 9.17) is 9.47 Å². The van der Waals surface area contributed by atoms with Crippen molar-refractivity contribution in [3.8, 4) is 6.07 Å². The molecule has 2 bridgehead atoms. The van der Waals surface area contributed by atoms with Gasteiger partial charge in [-0.2, -0.15) is 5.26 Å². The van der Waals surface area contributed by atoms with Crippen molar-refractivity contribution in [2.45, 2.75) is 51.8 Å². The van der Waals surface area contributed by atoms with E-state index < -0.39 is 5.60 Å². The zero-order valence-corrected chi connectivity index (χ0v) is 15.2. The maximum Gasteiger partial charge on any atom is 0.411 e. The highest BCUT2D eigenvalue weighted by Gasteiger charge is 2.40. The summed E-state index contributed by atoms with van der Waals surface area (Å²) in [5, 5.41) is 9.27. The lowest BCUT2D eigenvalue weighted by Gasteiger charge is -2.44. The van der Waals surface area contributed by atoms with Crippen LogP contribution in [-0.4, -0.2) is 41.9 Å². The first-order valence-electron chi connectivity index (χ1n) is 8.59. The van der Waals surface area contributed by atoms with Crippen molar-refractivity contribution in [2.24, 2.45) is 0 Å². The minimum absolute atomic E-state index is 0.0413. The van der Waals surface area contributed by atoms with Gasteiger partial charge in [-0.1, -0.05) is 18.2 Å². The van der Waals surface area contributed by atoms with Crippen molar-refractivity contribution in [3.63, 3.8) is 0 Å². The van der Waals surface area contributed by atoms with Gasteiger partial charge < -0.3 is 9.47 Å².